The second kappa shape index (κ2) is 41.5. The van der Waals surface area contributed by atoms with Gasteiger partial charge in [0.1, 0.15) is 42.0 Å². The number of nitrogens with one attached hydrogen (secondary N) is 7. The lowest BCUT2D eigenvalue weighted by Crippen LogP contribution is -2.56. The minimum atomic E-state index is -1.69. The van der Waals surface area contributed by atoms with Gasteiger partial charge in [-0.2, -0.15) is 0 Å². The van der Waals surface area contributed by atoms with Gasteiger partial charge >= 0.3 is 48.1 Å². The molecule has 36 heteroatoms. The van der Waals surface area contributed by atoms with E-state index < -0.39 is 118 Å². The maximum atomic E-state index is 14.3. The Morgan fingerprint density at radius 1 is 0.571 bits per heavy atom. The van der Waals surface area contributed by atoms with E-state index in [1.165, 1.54) is 0 Å². The number of carbonyl (C=O) groups is 11. The number of urea groups is 2. The van der Waals surface area contributed by atoms with Crippen LogP contribution in [0.5, 0.6) is 0 Å². The van der Waals surface area contributed by atoms with Crippen LogP contribution in [0.15, 0.2) is 79.2 Å². The third kappa shape index (κ3) is 23.6. The number of nitrogens with zero attached hydrogens (tertiary/aromatic N) is 4. The van der Waals surface area contributed by atoms with Crippen molar-refractivity contribution in [3.05, 3.63) is 124 Å². The molecular weight excluding hydrogens is 1760 g/mol. The van der Waals surface area contributed by atoms with Gasteiger partial charge in [0.05, 0.1) is 84.1 Å². The van der Waals surface area contributed by atoms with Gasteiger partial charge in [-0.15, -0.1) is 0 Å². The van der Waals surface area contributed by atoms with E-state index in [2.05, 4.69) is 75.1 Å². The highest BCUT2D eigenvalue weighted by Gasteiger charge is 2.52. The van der Waals surface area contributed by atoms with E-state index in [0.29, 0.717) is 96.8 Å². The normalized spacial score (nSPS) is 18.4. The van der Waals surface area contributed by atoms with Gasteiger partial charge in [-0.1, -0.05) is 124 Å². The Labute approximate surface area is 748 Å². The molecule has 14 N–H and O–H groups in total. The van der Waals surface area contributed by atoms with Crippen LogP contribution in [0.1, 0.15) is 232 Å². The fourth-order valence-electron chi connectivity index (χ4n) is 17.3. The van der Waals surface area contributed by atoms with E-state index in [4.69, 9.17) is 55.6 Å². The van der Waals surface area contributed by atoms with Crippen LogP contribution < -0.4 is 65.5 Å². The summed E-state index contributed by atoms with van der Waals surface area (Å²) in [6.07, 6.45) is 8.89. The van der Waals surface area contributed by atoms with Crippen molar-refractivity contribution in [1.82, 2.24) is 56.3 Å². The fraction of sp³-hybridized carbons (Fsp3) is 0.567. The van der Waals surface area contributed by atoms with Crippen molar-refractivity contribution in [2.24, 2.45) is 39.9 Å². The second-order valence-electron chi connectivity index (χ2n) is 36.2. The number of amides is 9. The Morgan fingerprint density at radius 3 is 1.48 bits per heavy atom. The number of ether oxygens (including phenoxy) is 6. The second-order valence-corrected chi connectivity index (χ2v) is 37.9. The van der Waals surface area contributed by atoms with Crippen molar-refractivity contribution in [3.63, 3.8) is 0 Å². The van der Waals surface area contributed by atoms with Crippen LogP contribution in [0.25, 0.3) is 44.6 Å². The zero-order valence-corrected chi connectivity index (χ0v) is 77.0. The molecule has 6 atom stereocenters. The quantitative estimate of drug-likeness (QED) is 0.0118. The summed E-state index contributed by atoms with van der Waals surface area (Å²) in [6, 6.07) is 13.9. The van der Waals surface area contributed by atoms with E-state index in [-0.39, 0.29) is 99.9 Å². The molecule has 684 valence electrons. The minimum Gasteiger partial charge on any atom is -0.480 e. The summed E-state index contributed by atoms with van der Waals surface area (Å²) in [7, 11) is 0. The zero-order chi connectivity index (χ0) is 92.1. The molecule has 2 saturated carbocycles. The van der Waals surface area contributed by atoms with Gasteiger partial charge in [-0.05, 0) is 183 Å². The fourth-order valence-corrected chi connectivity index (χ4v) is 18.2. The Balaban J connectivity index is 0.000000219. The molecule has 6 aliphatic rings. The van der Waals surface area contributed by atoms with Gasteiger partial charge in [-0.25, -0.2) is 38.7 Å². The average molecular weight is 1880 g/mol. The van der Waals surface area contributed by atoms with Crippen molar-refractivity contribution in [1.29, 1.82) is 0 Å². The van der Waals surface area contributed by atoms with Crippen LogP contribution in [0, 0.1) is 22.7 Å². The molecule has 126 heavy (non-hydrogen) atoms. The highest BCUT2D eigenvalue weighted by Crippen LogP contribution is 2.47. The Morgan fingerprint density at radius 2 is 1.02 bits per heavy atom. The highest BCUT2D eigenvalue weighted by atomic mass is 79.9. The van der Waals surface area contributed by atoms with Gasteiger partial charge in [0.2, 0.25) is 23.3 Å². The number of cyclic esters (lactones) is 1. The van der Waals surface area contributed by atoms with Crippen molar-refractivity contribution in [3.8, 4) is 22.8 Å². The van der Waals surface area contributed by atoms with E-state index in [9.17, 15) is 67.4 Å². The molecular formula is C90H120Br2N14O20. The van der Waals surface area contributed by atoms with Crippen molar-refractivity contribution in [2.75, 3.05) is 32.8 Å². The van der Waals surface area contributed by atoms with E-state index in [1.54, 1.807) is 91.4 Å². The average Bonchev–Trinajstić information content (AvgIpc) is 1.52. The molecule has 2 aromatic carbocycles. The van der Waals surface area contributed by atoms with Crippen LogP contribution in [-0.4, -0.2) is 158 Å². The molecule has 8 heterocycles. The molecule has 34 nitrogen and oxygen atoms in total. The van der Waals surface area contributed by atoms with Crippen LogP contribution >= 0.6 is 31.9 Å². The topological polar surface area (TPSA) is 495 Å². The molecule has 4 aliphatic heterocycles. The molecule has 2 fully saturated rings. The predicted octanol–water partition coefficient (Wildman–Crippen LogP) is 11.1. The lowest BCUT2D eigenvalue weighted by atomic mass is 9.71. The predicted molar refractivity (Wildman–Crippen MR) is 476 cm³/mol. The maximum Gasteiger partial charge on any atom is 0.408 e. The number of aromatic nitrogens is 4. The number of hydrogen-bond acceptors (Lipinski definition) is 22. The molecule has 0 spiro atoms. The number of carboxylic acids is 1. The summed E-state index contributed by atoms with van der Waals surface area (Å²) in [5.74, 6) is -5.11. The molecule has 12 rings (SSSR count). The molecule has 0 saturated heterocycles. The Kier molecular flexibility index (Phi) is 32.1. The number of fused-ring (bicyclic) bond motifs is 10. The van der Waals surface area contributed by atoms with Crippen molar-refractivity contribution in [2.45, 2.75) is 272 Å². The number of primary amides is 2. The van der Waals surface area contributed by atoms with Gasteiger partial charge in [0, 0.05) is 61.6 Å². The standard InChI is InChI=1S/C45H60BrN7O9.C29H30BrN3O5.C16H30N4O6/c1-7-45(25-60-23-29-30(45)20-34-37-27(22-53(34)40(29)57)19-28-31(46)13-11-14-32(28)50-37)61-35(54)21-44(16-9-8-10-17-44)24-49-38(55)33(15-12-18-48-41(47)58)51-39(56)36(26(2)3)52-42(59)62-43(4,5)6;1-2-29(38-24(34)13-28(16-31)9-4-3-5-10-28)20-12-23-25-17(11-18-21(30)7-6-8-22(18)32-25)14-33(23)26(35)19(20)15-37-27(29)36;1-9(2)11(20-15(25)26-16(3,4)5)12(21)19-10(13(22)23)7-6-8-18-14(17)24/h11,13-14,19-20,26,33,36H,7-10,12,15-18,21-25H2,1-6H3,(H,49,55)(H,51,56)(H,52,59)(H3,47,48,58);6-8,11-12H,2-5,9-10,13-16,31H2,1H3;9-11H,6-8H2,1-5H3,(H,19,21)(H,20,25)(H,22,23)(H3,17,18,24)/t33-,36-,45+;29-;10-,11-/m000/s1. The largest absolute Gasteiger partial charge is 0.480 e. The highest BCUT2D eigenvalue weighted by molar-refractivity contribution is 9.11. The number of esters is 3. The van der Waals surface area contributed by atoms with Crippen molar-refractivity contribution < 1.29 is 86.3 Å². The first-order valence-corrected chi connectivity index (χ1v) is 44.8. The molecule has 0 unspecified atom stereocenters. The summed E-state index contributed by atoms with van der Waals surface area (Å²) in [6.45, 7) is 22.5. The van der Waals surface area contributed by atoms with E-state index in [0.717, 1.165) is 93.2 Å². The lowest BCUT2D eigenvalue weighted by Gasteiger charge is -2.40. The van der Waals surface area contributed by atoms with Crippen LogP contribution in [0.4, 0.5) is 19.2 Å². The minimum absolute atomic E-state index is 0.00827. The Hall–Kier alpha value is -10.6. The number of pyridine rings is 4. The summed E-state index contributed by atoms with van der Waals surface area (Å²) in [5.41, 5.74) is 18.4. The monoisotopic (exact) mass is 1870 g/mol. The maximum absolute atomic E-state index is 14.3. The Bertz CT molecular complexity index is 5240. The summed E-state index contributed by atoms with van der Waals surface area (Å²) >= 11 is 7.21. The van der Waals surface area contributed by atoms with E-state index in [1.807, 2.05) is 55.5 Å². The van der Waals surface area contributed by atoms with Crippen LogP contribution in [0.3, 0.4) is 0 Å². The third-order valence-electron chi connectivity index (χ3n) is 23.9. The molecule has 0 radical (unpaired) electrons. The number of hydrogen-bond donors (Lipinski definition) is 11. The summed E-state index contributed by atoms with van der Waals surface area (Å²) in [5, 5.41) is 29.3. The molecule has 6 aromatic rings. The first-order valence-electron chi connectivity index (χ1n) is 43.2. The smallest absolute Gasteiger partial charge is 0.408 e. The SMILES string of the molecule is CC(C)[C@H](NC(=O)OC(C)(C)C)C(=O)N[C@@H](CCCNC(N)=O)C(=O)O.CC[C@@]1(OC(=O)CC2(CN)CCCCC2)C(=O)OCc2c1cc1n(c2=O)Cc2cc3c(Br)cccc3nc2-1.CC[C@@]1(OC(=O)CC2(CNC(=O)[C@H](CCCNC(N)=O)NC(=O)[C@@H](NC(=O)OC(C)(C)C)C(C)C)CCCCC2)COCc2c1cc1n(c2=O)Cc2cc3c(Br)cccc3nc2-1. The molecule has 2 aliphatic carbocycles. The number of halogens is 2. The number of nitrogens with two attached hydrogens (primary N) is 3. The summed E-state index contributed by atoms with van der Waals surface area (Å²) in [4.78, 5) is 177. The molecule has 4 aromatic heterocycles. The van der Waals surface area contributed by atoms with Gasteiger partial charge < -0.3 is 97.1 Å². The number of alkyl carbamates (subject to hydrolysis) is 2. The number of aliphatic carboxylic acids is 1. The first kappa shape index (κ1) is 97.6. The van der Waals surface area contributed by atoms with Gasteiger partial charge in [0.15, 0.2) is 5.60 Å². The van der Waals surface area contributed by atoms with Crippen molar-refractivity contribution >= 4 is 120 Å². The van der Waals surface area contributed by atoms with Gasteiger partial charge in [0.25, 0.3) is 11.1 Å². The van der Waals surface area contributed by atoms with Crippen LogP contribution in [0.2, 0.25) is 0 Å². The third-order valence-corrected chi connectivity index (χ3v) is 25.3. The lowest BCUT2D eigenvalue weighted by molar-refractivity contribution is -0.191. The molecule has 0 bridgehead atoms. The zero-order valence-electron chi connectivity index (χ0n) is 73.8. The first-order chi connectivity index (χ1) is 59.5. The van der Waals surface area contributed by atoms with E-state index >= 15 is 0 Å². The number of carbonyl (C=O) groups excluding carboxylic acids is 10. The number of benzene rings is 2. The number of carboxylic acid groups (broad SMARTS) is 1. The summed E-state index contributed by atoms with van der Waals surface area (Å²) < 4.78 is 39.7. The van der Waals surface area contributed by atoms with Crippen LogP contribution in [-0.2, 0) is 99.5 Å². The van der Waals surface area contributed by atoms with Gasteiger partial charge in [-0.3, -0.25) is 33.6 Å². The number of rotatable bonds is 29. The molecule has 9 amide bonds.